The van der Waals surface area contributed by atoms with Crippen molar-refractivity contribution < 1.29 is 14.2 Å². The van der Waals surface area contributed by atoms with Crippen LogP contribution in [-0.2, 0) is 4.57 Å². The minimum atomic E-state index is -3.63. The summed E-state index contributed by atoms with van der Waals surface area (Å²) in [6, 6.07) is 5.97. The number of phenolic OH excluding ortho intramolecular Hbond substituents is 1. The van der Waals surface area contributed by atoms with Crippen LogP contribution >= 0.6 is 28.6 Å². The third-order valence-corrected chi connectivity index (χ3v) is 1.89. The van der Waals surface area contributed by atoms with Crippen molar-refractivity contribution in [3.8, 4) is 11.5 Å². The van der Waals surface area contributed by atoms with Crippen molar-refractivity contribution in [3.05, 3.63) is 24.3 Å². The molecule has 1 rings (SSSR count). The molecule has 0 atom stereocenters. The van der Waals surface area contributed by atoms with Gasteiger partial charge in [0.05, 0.1) is 0 Å². The molecule has 0 aliphatic rings. The van der Waals surface area contributed by atoms with Gasteiger partial charge in [-0.2, -0.15) is 0 Å². The number of para-hydroxylation sites is 2. The molecule has 0 unspecified atom stereocenters. The Balaban J connectivity index is 2.90. The van der Waals surface area contributed by atoms with Gasteiger partial charge in [-0.05, 0) is 12.1 Å². The Morgan fingerprint density at radius 3 is 2.42 bits per heavy atom. The molecule has 0 heterocycles. The highest BCUT2D eigenvalue weighted by molar-refractivity contribution is 8.05. The van der Waals surface area contributed by atoms with Crippen LogP contribution < -0.4 is 4.52 Å². The number of halogens is 2. The first-order chi connectivity index (χ1) is 5.49. The molecule has 0 aliphatic carbocycles. The van der Waals surface area contributed by atoms with Gasteiger partial charge >= 0.3 is 6.07 Å². The lowest BCUT2D eigenvalue weighted by Gasteiger charge is -2.06. The molecule has 0 spiro atoms. The fraction of sp³-hybridized carbons (Fsp3) is 0. The second kappa shape index (κ2) is 3.56. The maximum absolute atomic E-state index is 10.7. The summed E-state index contributed by atoms with van der Waals surface area (Å²) >= 11 is 10.3. The zero-order valence-electron chi connectivity index (χ0n) is 5.78. The minimum Gasteiger partial charge on any atom is -0.504 e. The molecule has 1 aromatic rings. The quantitative estimate of drug-likeness (QED) is 0.787. The van der Waals surface area contributed by atoms with Gasteiger partial charge in [0.2, 0.25) is 0 Å². The molecule has 0 fully saturated rings. The molecule has 0 aromatic heterocycles. The molecule has 0 aliphatic heterocycles. The summed E-state index contributed by atoms with van der Waals surface area (Å²) in [5.41, 5.74) is 0. The van der Waals surface area contributed by atoms with Crippen LogP contribution in [0.1, 0.15) is 0 Å². The lowest BCUT2D eigenvalue weighted by Crippen LogP contribution is -1.81. The maximum atomic E-state index is 10.7. The summed E-state index contributed by atoms with van der Waals surface area (Å²) in [4.78, 5) is 0. The van der Waals surface area contributed by atoms with Gasteiger partial charge in [0.15, 0.2) is 11.5 Å². The lowest BCUT2D eigenvalue weighted by atomic mass is 10.3. The predicted octanol–water partition coefficient (Wildman–Crippen LogP) is 3.36. The van der Waals surface area contributed by atoms with Gasteiger partial charge in [-0.15, -0.1) is 0 Å². The largest absolute Gasteiger partial charge is 0.504 e. The predicted molar refractivity (Wildman–Crippen MR) is 48.0 cm³/mol. The minimum absolute atomic E-state index is 0.00540. The normalized spacial score (nSPS) is 11.2. The van der Waals surface area contributed by atoms with Gasteiger partial charge in [0.25, 0.3) is 0 Å². The molecular formula is C6H5Cl2O3P. The highest BCUT2D eigenvalue weighted by Crippen LogP contribution is 2.58. The third-order valence-electron chi connectivity index (χ3n) is 1.07. The topological polar surface area (TPSA) is 46.5 Å². The summed E-state index contributed by atoms with van der Waals surface area (Å²) in [5, 5.41) is 9.11. The average Bonchev–Trinajstić information content (AvgIpc) is 1.91. The maximum Gasteiger partial charge on any atom is 0.428 e. The molecule has 6 heteroatoms. The smallest absolute Gasteiger partial charge is 0.428 e. The Labute approximate surface area is 78.9 Å². The monoisotopic (exact) mass is 226 g/mol. The summed E-state index contributed by atoms with van der Waals surface area (Å²) in [6.45, 7) is 0. The van der Waals surface area contributed by atoms with Gasteiger partial charge in [0.1, 0.15) is 0 Å². The van der Waals surface area contributed by atoms with Gasteiger partial charge in [-0.1, -0.05) is 12.1 Å². The second-order valence-electron chi connectivity index (χ2n) is 1.97. The van der Waals surface area contributed by atoms with E-state index in [4.69, 9.17) is 27.6 Å². The number of rotatable bonds is 2. The van der Waals surface area contributed by atoms with Crippen LogP contribution in [0.4, 0.5) is 0 Å². The van der Waals surface area contributed by atoms with E-state index in [-0.39, 0.29) is 11.5 Å². The van der Waals surface area contributed by atoms with Crippen LogP contribution in [0.2, 0.25) is 0 Å². The third kappa shape index (κ3) is 2.94. The number of hydrogen-bond donors (Lipinski definition) is 1. The molecule has 3 nitrogen and oxygen atoms in total. The van der Waals surface area contributed by atoms with Crippen molar-refractivity contribution in [1.29, 1.82) is 0 Å². The van der Waals surface area contributed by atoms with E-state index in [1.165, 1.54) is 12.1 Å². The lowest BCUT2D eigenvalue weighted by molar-refractivity contribution is 0.437. The number of phenols is 1. The summed E-state index contributed by atoms with van der Waals surface area (Å²) in [7, 11) is 0. The van der Waals surface area contributed by atoms with Crippen LogP contribution in [0.15, 0.2) is 24.3 Å². The number of aromatic hydroxyl groups is 1. The van der Waals surface area contributed by atoms with Crippen molar-refractivity contribution in [2.45, 2.75) is 0 Å². The Morgan fingerprint density at radius 2 is 1.92 bits per heavy atom. The highest BCUT2D eigenvalue weighted by Gasteiger charge is 2.17. The number of benzene rings is 1. The highest BCUT2D eigenvalue weighted by atomic mass is 35.9. The van der Waals surface area contributed by atoms with Crippen LogP contribution in [0, 0.1) is 0 Å². The first kappa shape index (κ1) is 9.72. The van der Waals surface area contributed by atoms with E-state index in [1.54, 1.807) is 12.1 Å². The van der Waals surface area contributed by atoms with E-state index < -0.39 is 6.07 Å². The molecule has 12 heavy (non-hydrogen) atoms. The molecule has 0 radical (unpaired) electrons. The molecule has 0 amide bonds. The van der Waals surface area contributed by atoms with E-state index in [1.807, 2.05) is 0 Å². The molecule has 1 aromatic carbocycles. The van der Waals surface area contributed by atoms with Gasteiger partial charge in [-0.3, -0.25) is 0 Å². The Kier molecular flexibility index (Phi) is 2.89. The first-order valence-corrected chi connectivity index (χ1v) is 6.39. The van der Waals surface area contributed by atoms with E-state index in [0.29, 0.717) is 0 Å². The van der Waals surface area contributed by atoms with E-state index in [9.17, 15) is 4.57 Å². The van der Waals surface area contributed by atoms with E-state index in [2.05, 4.69) is 4.52 Å². The average molecular weight is 227 g/mol. The van der Waals surface area contributed by atoms with Crippen LogP contribution in [0.3, 0.4) is 0 Å². The van der Waals surface area contributed by atoms with Crippen molar-refractivity contribution in [2.75, 3.05) is 0 Å². The van der Waals surface area contributed by atoms with Gasteiger partial charge < -0.3 is 9.63 Å². The van der Waals surface area contributed by atoms with Crippen molar-refractivity contribution >= 4 is 28.6 Å². The molecule has 1 N–H and O–H groups in total. The van der Waals surface area contributed by atoms with Crippen molar-refractivity contribution in [1.82, 2.24) is 0 Å². The number of hydrogen-bond acceptors (Lipinski definition) is 3. The molecule has 0 bridgehead atoms. The fourth-order valence-electron chi connectivity index (χ4n) is 0.649. The first-order valence-electron chi connectivity index (χ1n) is 2.96. The van der Waals surface area contributed by atoms with Crippen molar-refractivity contribution in [2.24, 2.45) is 0 Å². The zero-order chi connectivity index (χ0) is 9.19. The summed E-state index contributed by atoms with van der Waals surface area (Å²) in [5.74, 6) is -0.148. The van der Waals surface area contributed by atoms with Gasteiger partial charge in [0, 0.05) is 22.5 Å². The molecule has 0 saturated carbocycles. The Hall–Kier alpha value is -0.370. The van der Waals surface area contributed by atoms with Crippen LogP contribution in [0.25, 0.3) is 0 Å². The fourth-order valence-corrected chi connectivity index (χ4v) is 1.48. The standard InChI is InChI=1S/C6H5Cl2O3P/c7-12(8,10)11-6-4-2-1-3-5(6)9/h1-4,9H. The molecule has 0 saturated heterocycles. The zero-order valence-corrected chi connectivity index (χ0v) is 8.18. The van der Waals surface area contributed by atoms with Crippen LogP contribution in [-0.4, -0.2) is 5.11 Å². The molecular weight excluding hydrogens is 222 g/mol. The van der Waals surface area contributed by atoms with E-state index in [0.717, 1.165) is 0 Å². The molecule has 66 valence electrons. The van der Waals surface area contributed by atoms with E-state index >= 15 is 0 Å². The summed E-state index contributed by atoms with van der Waals surface area (Å²) in [6.07, 6.45) is -3.63. The Bertz CT molecular complexity index is 322. The van der Waals surface area contributed by atoms with Crippen LogP contribution in [0.5, 0.6) is 11.5 Å². The second-order valence-corrected chi connectivity index (χ2v) is 6.17. The van der Waals surface area contributed by atoms with Gasteiger partial charge in [-0.25, -0.2) is 4.57 Å². The Morgan fingerprint density at radius 1 is 1.33 bits per heavy atom. The van der Waals surface area contributed by atoms with Crippen molar-refractivity contribution in [3.63, 3.8) is 0 Å². The SMILES string of the molecule is O=P(Cl)(Cl)Oc1ccccc1O. The summed E-state index contributed by atoms with van der Waals surface area (Å²) < 4.78 is 15.3.